The van der Waals surface area contributed by atoms with Gasteiger partial charge in [-0.1, -0.05) is 11.6 Å². The molecule has 2 aromatic rings. The van der Waals surface area contributed by atoms with E-state index in [1.54, 1.807) is 29.4 Å². The molecule has 0 radical (unpaired) electrons. The molecule has 0 saturated carbocycles. The number of carbonyl (C=O) groups is 1. The van der Waals surface area contributed by atoms with E-state index in [0.29, 0.717) is 24.5 Å². The van der Waals surface area contributed by atoms with Crippen molar-refractivity contribution >= 4 is 23.2 Å². The van der Waals surface area contributed by atoms with E-state index in [4.69, 9.17) is 17.3 Å². The normalized spacial score (nSPS) is 10.5. The molecule has 0 aliphatic carbocycles. The molecule has 0 aromatic carbocycles. The number of aryl methyl sites for hydroxylation is 1. The van der Waals surface area contributed by atoms with Gasteiger partial charge in [0.1, 0.15) is 5.69 Å². The monoisotopic (exact) mass is 279 g/mol. The van der Waals surface area contributed by atoms with Crippen LogP contribution in [0, 0.1) is 6.92 Å². The van der Waals surface area contributed by atoms with Crippen LogP contribution in [0.25, 0.3) is 0 Å². The number of nitrogens with zero attached hydrogens (tertiary/aromatic N) is 3. The summed E-state index contributed by atoms with van der Waals surface area (Å²) in [5, 5.41) is 2.97. The van der Waals surface area contributed by atoms with Gasteiger partial charge in [-0.15, -0.1) is 0 Å². The zero-order valence-corrected chi connectivity index (χ0v) is 11.2. The first kappa shape index (κ1) is 13.5. The zero-order valence-electron chi connectivity index (χ0n) is 10.4. The summed E-state index contributed by atoms with van der Waals surface area (Å²) in [5.74, 6) is -0.325. The molecule has 0 aliphatic heterocycles. The number of hydrogen-bond donors (Lipinski definition) is 2. The van der Waals surface area contributed by atoms with E-state index in [1.165, 1.54) is 0 Å². The maximum atomic E-state index is 12.0. The van der Waals surface area contributed by atoms with Crippen molar-refractivity contribution in [3.63, 3.8) is 0 Å². The minimum atomic E-state index is -0.325. The Bertz CT molecular complexity index is 575. The first-order valence-corrected chi connectivity index (χ1v) is 6.14. The number of pyridine rings is 1. The standard InChI is InChI=1S/C12H14ClN5O/c1-8-2-4-15-11(13)10(8)17-12(19)9-6-18(5-3-14)7-16-9/h2,4,6-7H,3,5,14H2,1H3,(H,17,19). The van der Waals surface area contributed by atoms with Crippen molar-refractivity contribution in [2.24, 2.45) is 5.73 Å². The van der Waals surface area contributed by atoms with E-state index in [1.807, 2.05) is 6.92 Å². The van der Waals surface area contributed by atoms with Crippen LogP contribution in [0.3, 0.4) is 0 Å². The topological polar surface area (TPSA) is 85.8 Å². The lowest BCUT2D eigenvalue weighted by atomic mass is 10.2. The van der Waals surface area contributed by atoms with E-state index >= 15 is 0 Å². The molecule has 0 bridgehead atoms. The molecule has 1 amide bonds. The Labute approximate surface area is 115 Å². The van der Waals surface area contributed by atoms with Gasteiger partial charge in [-0.05, 0) is 18.6 Å². The third-order valence-corrected chi connectivity index (χ3v) is 2.89. The molecule has 6 nitrogen and oxygen atoms in total. The Hall–Kier alpha value is -1.92. The molecule has 0 unspecified atom stereocenters. The van der Waals surface area contributed by atoms with Gasteiger partial charge in [-0.3, -0.25) is 4.79 Å². The molecule has 2 heterocycles. The molecular weight excluding hydrogens is 266 g/mol. The molecule has 3 N–H and O–H groups in total. The Morgan fingerprint density at radius 3 is 3.00 bits per heavy atom. The SMILES string of the molecule is Cc1ccnc(Cl)c1NC(=O)c1cn(CCN)cn1. The van der Waals surface area contributed by atoms with Crippen LogP contribution in [0.2, 0.25) is 5.15 Å². The van der Waals surface area contributed by atoms with Gasteiger partial charge in [0.2, 0.25) is 0 Å². The molecule has 0 aliphatic rings. The summed E-state index contributed by atoms with van der Waals surface area (Å²) in [6, 6.07) is 1.77. The molecule has 2 aromatic heterocycles. The van der Waals surface area contributed by atoms with Crippen LogP contribution in [-0.4, -0.2) is 27.0 Å². The minimum Gasteiger partial charge on any atom is -0.335 e. The lowest BCUT2D eigenvalue weighted by molar-refractivity contribution is 0.102. The Morgan fingerprint density at radius 2 is 2.32 bits per heavy atom. The van der Waals surface area contributed by atoms with Crippen LogP contribution in [-0.2, 0) is 6.54 Å². The lowest BCUT2D eigenvalue weighted by Crippen LogP contribution is -2.14. The van der Waals surface area contributed by atoms with E-state index in [2.05, 4.69) is 15.3 Å². The van der Waals surface area contributed by atoms with Crippen LogP contribution in [0.4, 0.5) is 5.69 Å². The number of carbonyl (C=O) groups excluding carboxylic acids is 1. The number of anilines is 1. The highest BCUT2D eigenvalue weighted by molar-refractivity contribution is 6.32. The molecule has 7 heteroatoms. The second kappa shape index (κ2) is 5.81. The molecule has 100 valence electrons. The van der Waals surface area contributed by atoms with Gasteiger partial charge in [-0.25, -0.2) is 9.97 Å². The fourth-order valence-electron chi connectivity index (χ4n) is 1.60. The van der Waals surface area contributed by atoms with Gasteiger partial charge < -0.3 is 15.6 Å². The fraction of sp³-hybridized carbons (Fsp3) is 0.250. The summed E-state index contributed by atoms with van der Waals surface area (Å²) in [7, 11) is 0. The highest BCUT2D eigenvalue weighted by Gasteiger charge is 2.13. The maximum absolute atomic E-state index is 12.0. The largest absolute Gasteiger partial charge is 0.335 e. The van der Waals surface area contributed by atoms with E-state index in [-0.39, 0.29) is 11.1 Å². The first-order chi connectivity index (χ1) is 9.11. The minimum absolute atomic E-state index is 0.259. The molecule has 0 atom stereocenters. The van der Waals surface area contributed by atoms with E-state index in [9.17, 15) is 4.79 Å². The highest BCUT2D eigenvalue weighted by atomic mass is 35.5. The average Bonchev–Trinajstić information content (AvgIpc) is 2.83. The second-order valence-electron chi connectivity index (χ2n) is 4.03. The molecular formula is C12H14ClN5O. The Morgan fingerprint density at radius 1 is 1.53 bits per heavy atom. The number of halogens is 1. The van der Waals surface area contributed by atoms with Crippen LogP contribution < -0.4 is 11.1 Å². The average molecular weight is 280 g/mol. The maximum Gasteiger partial charge on any atom is 0.275 e. The third kappa shape index (κ3) is 3.10. The van der Waals surface area contributed by atoms with Crippen molar-refractivity contribution in [3.05, 3.63) is 41.2 Å². The number of amides is 1. The van der Waals surface area contributed by atoms with Crippen molar-refractivity contribution in [3.8, 4) is 0 Å². The summed E-state index contributed by atoms with van der Waals surface area (Å²) in [5.41, 5.74) is 7.09. The Kier molecular flexibility index (Phi) is 4.13. The fourth-order valence-corrected chi connectivity index (χ4v) is 1.85. The number of imidazole rings is 1. The summed E-state index contributed by atoms with van der Waals surface area (Å²) < 4.78 is 1.76. The van der Waals surface area contributed by atoms with Crippen LogP contribution in [0.1, 0.15) is 16.1 Å². The predicted molar refractivity (Wildman–Crippen MR) is 73.2 cm³/mol. The number of hydrogen-bond acceptors (Lipinski definition) is 4. The van der Waals surface area contributed by atoms with Crippen molar-refractivity contribution in [2.45, 2.75) is 13.5 Å². The molecule has 2 rings (SSSR count). The number of nitrogens with two attached hydrogens (primary N) is 1. The van der Waals surface area contributed by atoms with Gasteiger partial charge in [0.05, 0.1) is 12.0 Å². The van der Waals surface area contributed by atoms with E-state index < -0.39 is 0 Å². The van der Waals surface area contributed by atoms with Gasteiger partial charge in [0.15, 0.2) is 5.15 Å². The smallest absolute Gasteiger partial charge is 0.275 e. The van der Waals surface area contributed by atoms with Crippen molar-refractivity contribution in [1.82, 2.24) is 14.5 Å². The number of aromatic nitrogens is 3. The van der Waals surface area contributed by atoms with Crippen molar-refractivity contribution < 1.29 is 4.79 Å². The lowest BCUT2D eigenvalue weighted by Gasteiger charge is -2.07. The van der Waals surface area contributed by atoms with Crippen LogP contribution in [0.15, 0.2) is 24.8 Å². The quantitative estimate of drug-likeness (QED) is 0.830. The summed E-state index contributed by atoms with van der Waals surface area (Å²) in [6.07, 6.45) is 4.80. The summed E-state index contributed by atoms with van der Waals surface area (Å²) >= 11 is 5.95. The van der Waals surface area contributed by atoms with Crippen molar-refractivity contribution in [2.75, 3.05) is 11.9 Å². The third-order valence-electron chi connectivity index (χ3n) is 2.60. The van der Waals surface area contributed by atoms with Crippen LogP contribution >= 0.6 is 11.6 Å². The molecule has 0 spiro atoms. The zero-order chi connectivity index (χ0) is 13.8. The van der Waals surface area contributed by atoms with Gasteiger partial charge in [0.25, 0.3) is 5.91 Å². The van der Waals surface area contributed by atoms with Gasteiger partial charge >= 0.3 is 0 Å². The van der Waals surface area contributed by atoms with Gasteiger partial charge in [0, 0.05) is 25.5 Å². The highest BCUT2D eigenvalue weighted by Crippen LogP contribution is 2.23. The summed E-state index contributed by atoms with van der Waals surface area (Å²) in [4.78, 5) is 20.0. The van der Waals surface area contributed by atoms with Gasteiger partial charge in [-0.2, -0.15) is 0 Å². The van der Waals surface area contributed by atoms with Crippen LogP contribution in [0.5, 0.6) is 0 Å². The molecule has 0 saturated heterocycles. The molecule has 19 heavy (non-hydrogen) atoms. The first-order valence-electron chi connectivity index (χ1n) is 5.76. The summed E-state index contributed by atoms with van der Waals surface area (Å²) in [6.45, 7) is 2.95. The van der Waals surface area contributed by atoms with E-state index in [0.717, 1.165) is 5.56 Å². The van der Waals surface area contributed by atoms with Crippen molar-refractivity contribution in [1.29, 1.82) is 0 Å². The number of nitrogens with one attached hydrogen (secondary N) is 1. The number of rotatable bonds is 4. The second-order valence-corrected chi connectivity index (χ2v) is 4.39. The Balaban J connectivity index is 2.16. The molecule has 0 fully saturated rings. The predicted octanol–water partition coefficient (Wildman–Crippen LogP) is 1.45.